The normalized spacial score (nSPS) is 13.9. The minimum atomic E-state index is 0.523. The largest absolute Gasteiger partial charge is 0.493 e. The van der Waals surface area contributed by atoms with Crippen molar-refractivity contribution >= 4 is 15.9 Å². The summed E-state index contributed by atoms with van der Waals surface area (Å²) in [6.45, 7) is 1.37. The molecule has 3 nitrogen and oxygen atoms in total. The van der Waals surface area contributed by atoms with Crippen molar-refractivity contribution in [1.29, 1.82) is 0 Å². The average Bonchev–Trinajstić information content (AvgIpc) is 3.37. The quantitative estimate of drug-likeness (QED) is 0.797. The minimum absolute atomic E-state index is 0.523. The molecule has 0 amide bonds. The van der Waals surface area contributed by atoms with E-state index in [9.17, 15) is 0 Å². The summed E-state index contributed by atoms with van der Waals surface area (Å²) >= 11 is 3.67. The highest BCUT2D eigenvalue weighted by Gasteiger charge is 2.21. The minimum Gasteiger partial charge on any atom is -0.493 e. The van der Waals surface area contributed by atoms with Gasteiger partial charge in [0.1, 0.15) is 6.61 Å². The van der Waals surface area contributed by atoms with Gasteiger partial charge in [0.2, 0.25) is 0 Å². The molecule has 1 saturated carbocycles. The average molecular weight is 362 g/mol. The number of rotatable bonds is 7. The number of halogens is 1. The first kappa shape index (κ1) is 15.4. The molecule has 0 bridgehead atoms. The number of benzene rings is 2. The second-order valence-electron chi connectivity index (χ2n) is 5.50. The number of methoxy groups -OCH3 is 1. The first-order valence-electron chi connectivity index (χ1n) is 7.53. The monoisotopic (exact) mass is 361 g/mol. The van der Waals surface area contributed by atoms with Gasteiger partial charge in [0.15, 0.2) is 11.5 Å². The molecule has 1 fully saturated rings. The zero-order valence-corrected chi connectivity index (χ0v) is 14.2. The summed E-state index contributed by atoms with van der Waals surface area (Å²) in [4.78, 5) is 0. The lowest BCUT2D eigenvalue weighted by atomic mass is 10.2. The van der Waals surface area contributed by atoms with Crippen molar-refractivity contribution in [1.82, 2.24) is 5.32 Å². The van der Waals surface area contributed by atoms with E-state index in [1.165, 1.54) is 18.4 Å². The van der Waals surface area contributed by atoms with E-state index in [0.29, 0.717) is 12.6 Å². The van der Waals surface area contributed by atoms with Crippen LogP contribution in [0.4, 0.5) is 0 Å². The predicted molar refractivity (Wildman–Crippen MR) is 91.3 cm³/mol. The topological polar surface area (TPSA) is 30.5 Å². The second kappa shape index (κ2) is 7.16. The summed E-state index contributed by atoms with van der Waals surface area (Å²) in [7, 11) is 1.67. The third-order valence-corrected chi connectivity index (χ3v) is 4.61. The lowest BCUT2D eigenvalue weighted by Gasteiger charge is -2.16. The molecule has 0 spiro atoms. The van der Waals surface area contributed by atoms with E-state index < -0.39 is 0 Å². The molecule has 22 heavy (non-hydrogen) atoms. The Labute approximate surface area is 139 Å². The van der Waals surface area contributed by atoms with E-state index >= 15 is 0 Å². The zero-order chi connectivity index (χ0) is 15.4. The van der Waals surface area contributed by atoms with Crippen LogP contribution in [-0.2, 0) is 13.2 Å². The van der Waals surface area contributed by atoms with Gasteiger partial charge in [-0.3, -0.25) is 0 Å². The van der Waals surface area contributed by atoms with E-state index in [4.69, 9.17) is 9.47 Å². The summed E-state index contributed by atoms with van der Waals surface area (Å²) in [5.74, 6) is 1.51. The van der Waals surface area contributed by atoms with Crippen molar-refractivity contribution in [2.24, 2.45) is 0 Å². The Hall–Kier alpha value is -1.52. The highest BCUT2D eigenvalue weighted by Crippen LogP contribution is 2.38. The van der Waals surface area contributed by atoms with Crippen LogP contribution in [0.2, 0.25) is 0 Å². The molecular formula is C18H20BrNO2. The van der Waals surface area contributed by atoms with Crippen molar-refractivity contribution in [2.45, 2.75) is 32.0 Å². The number of nitrogens with one attached hydrogen (secondary N) is 1. The molecule has 0 unspecified atom stereocenters. The van der Waals surface area contributed by atoms with E-state index in [0.717, 1.165) is 28.1 Å². The Morgan fingerprint density at radius 1 is 1.14 bits per heavy atom. The molecule has 0 aliphatic heterocycles. The first-order chi connectivity index (χ1) is 10.8. The van der Waals surface area contributed by atoms with Crippen LogP contribution in [0.25, 0.3) is 0 Å². The lowest BCUT2D eigenvalue weighted by molar-refractivity contribution is 0.282. The molecular weight excluding hydrogens is 342 g/mol. The van der Waals surface area contributed by atoms with E-state index in [2.05, 4.69) is 39.4 Å². The molecule has 3 rings (SSSR count). The van der Waals surface area contributed by atoms with Crippen LogP contribution in [-0.4, -0.2) is 13.2 Å². The maximum Gasteiger partial charge on any atom is 0.176 e. The Kier molecular flexibility index (Phi) is 5.01. The Morgan fingerprint density at radius 3 is 2.59 bits per heavy atom. The molecule has 0 aromatic heterocycles. The van der Waals surface area contributed by atoms with Crippen molar-refractivity contribution in [3.63, 3.8) is 0 Å². The molecule has 0 radical (unpaired) electrons. The molecule has 116 valence electrons. The van der Waals surface area contributed by atoms with Gasteiger partial charge in [0.05, 0.1) is 11.6 Å². The van der Waals surface area contributed by atoms with Crippen LogP contribution >= 0.6 is 15.9 Å². The van der Waals surface area contributed by atoms with E-state index in [1.54, 1.807) is 7.11 Å². The fraction of sp³-hybridized carbons (Fsp3) is 0.333. The van der Waals surface area contributed by atoms with E-state index in [1.807, 2.05) is 24.3 Å². The Bertz CT molecular complexity index is 626. The molecule has 4 heteroatoms. The fourth-order valence-electron chi connectivity index (χ4n) is 2.28. The number of hydrogen-bond acceptors (Lipinski definition) is 3. The van der Waals surface area contributed by atoms with Gasteiger partial charge in [-0.15, -0.1) is 0 Å². The third-order valence-electron chi connectivity index (χ3n) is 3.75. The SMILES string of the molecule is COc1ccc(CNC2CC2)c(Br)c1OCc1ccccc1. The van der Waals surface area contributed by atoms with Crippen molar-refractivity contribution in [2.75, 3.05) is 7.11 Å². The fourth-order valence-corrected chi connectivity index (χ4v) is 2.86. The highest BCUT2D eigenvalue weighted by atomic mass is 79.9. The van der Waals surface area contributed by atoms with Gasteiger partial charge in [0.25, 0.3) is 0 Å². The van der Waals surface area contributed by atoms with Crippen LogP contribution < -0.4 is 14.8 Å². The summed E-state index contributed by atoms with van der Waals surface area (Å²) < 4.78 is 12.4. The number of hydrogen-bond donors (Lipinski definition) is 1. The smallest absolute Gasteiger partial charge is 0.176 e. The molecule has 0 saturated heterocycles. The second-order valence-corrected chi connectivity index (χ2v) is 6.29. The molecule has 2 aromatic rings. The molecule has 1 aliphatic rings. The maximum atomic E-state index is 6.01. The maximum absolute atomic E-state index is 6.01. The molecule has 1 N–H and O–H groups in total. The standard InChI is InChI=1S/C18H20BrNO2/c1-21-16-10-7-14(11-20-15-8-9-15)17(19)18(16)22-12-13-5-3-2-4-6-13/h2-7,10,15,20H,8-9,11-12H2,1H3. The van der Waals surface area contributed by atoms with Crippen LogP contribution in [0.15, 0.2) is 46.9 Å². The Morgan fingerprint density at radius 2 is 1.91 bits per heavy atom. The molecule has 1 aliphatic carbocycles. The van der Waals surface area contributed by atoms with Gasteiger partial charge in [-0.1, -0.05) is 36.4 Å². The molecule has 0 heterocycles. The van der Waals surface area contributed by atoms with Gasteiger partial charge >= 0.3 is 0 Å². The Balaban J connectivity index is 1.75. The van der Waals surface area contributed by atoms with Crippen LogP contribution in [0.5, 0.6) is 11.5 Å². The van der Waals surface area contributed by atoms with Gasteiger partial charge in [-0.25, -0.2) is 0 Å². The first-order valence-corrected chi connectivity index (χ1v) is 8.32. The summed E-state index contributed by atoms with van der Waals surface area (Å²) in [6.07, 6.45) is 2.57. The van der Waals surface area contributed by atoms with Gasteiger partial charge in [0, 0.05) is 12.6 Å². The predicted octanol–water partition coefficient (Wildman–Crippen LogP) is 4.29. The van der Waals surface area contributed by atoms with Crippen LogP contribution in [0, 0.1) is 0 Å². The van der Waals surface area contributed by atoms with E-state index in [-0.39, 0.29) is 0 Å². The van der Waals surface area contributed by atoms with Gasteiger partial charge in [-0.05, 0) is 46.0 Å². The molecule has 0 atom stereocenters. The zero-order valence-electron chi connectivity index (χ0n) is 12.6. The summed E-state index contributed by atoms with van der Waals surface area (Å²) in [6, 6.07) is 14.9. The van der Waals surface area contributed by atoms with Gasteiger partial charge < -0.3 is 14.8 Å². The number of ether oxygens (including phenoxy) is 2. The van der Waals surface area contributed by atoms with Crippen molar-refractivity contribution < 1.29 is 9.47 Å². The van der Waals surface area contributed by atoms with Crippen molar-refractivity contribution in [3.05, 3.63) is 58.1 Å². The highest BCUT2D eigenvalue weighted by molar-refractivity contribution is 9.10. The van der Waals surface area contributed by atoms with Crippen molar-refractivity contribution in [3.8, 4) is 11.5 Å². The lowest BCUT2D eigenvalue weighted by Crippen LogP contribution is -2.15. The summed E-state index contributed by atoms with van der Waals surface area (Å²) in [5, 5.41) is 3.53. The summed E-state index contributed by atoms with van der Waals surface area (Å²) in [5.41, 5.74) is 2.33. The van der Waals surface area contributed by atoms with Crippen LogP contribution in [0.1, 0.15) is 24.0 Å². The van der Waals surface area contributed by atoms with Crippen LogP contribution in [0.3, 0.4) is 0 Å². The molecule has 2 aromatic carbocycles. The van der Waals surface area contributed by atoms with Gasteiger partial charge in [-0.2, -0.15) is 0 Å². The third kappa shape index (κ3) is 3.81.